The van der Waals surface area contributed by atoms with Crippen molar-refractivity contribution in [3.63, 3.8) is 0 Å². The Morgan fingerprint density at radius 2 is 2.05 bits per heavy atom. The molecule has 4 heteroatoms. The lowest BCUT2D eigenvalue weighted by atomic mass is 9.79. The van der Waals surface area contributed by atoms with Gasteiger partial charge in [-0.15, -0.1) is 0 Å². The van der Waals surface area contributed by atoms with Crippen molar-refractivity contribution in [2.24, 2.45) is 11.3 Å². The fourth-order valence-corrected chi connectivity index (χ4v) is 2.00. The summed E-state index contributed by atoms with van der Waals surface area (Å²) in [5.41, 5.74) is 0.537. The molecule has 19 heavy (non-hydrogen) atoms. The summed E-state index contributed by atoms with van der Waals surface area (Å²) in [4.78, 5) is 28.0. The number of aromatic nitrogens is 1. The number of pyridine rings is 1. The number of nitrogens with one attached hydrogen (secondary N) is 1. The molecule has 0 spiro atoms. The molecule has 104 valence electrons. The third kappa shape index (κ3) is 4.81. The van der Waals surface area contributed by atoms with Gasteiger partial charge in [-0.2, -0.15) is 0 Å². The molecule has 0 saturated carbocycles. The van der Waals surface area contributed by atoms with E-state index < -0.39 is 5.41 Å². The first-order valence-corrected chi connectivity index (χ1v) is 6.48. The van der Waals surface area contributed by atoms with Crippen LogP contribution in [-0.2, 0) is 16.0 Å². The topological polar surface area (TPSA) is 59.1 Å². The lowest BCUT2D eigenvalue weighted by molar-refractivity contribution is -0.134. The second-order valence-corrected chi connectivity index (χ2v) is 5.75. The predicted molar refractivity (Wildman–Crippen MR) is 74.6 cm³/mol. The van der Waals surface area contributed by atoms with Crippen LogP contribution < -0.4 is 5.32 Å². The molecular weight excluding hydrogens is 240 g/mol. The lowest BCUT2D eigenvalue weighted by Gasteiger charge is -2.24. The average molecular weight is 262 g/mol. The number of Topliss-reactive ketones (excluding diaryl/α,β-unsaturated/α-hetero) is 1. The SMILES string of the molecule is CNC(=O)C[C@@H](Cc1cccnc1)C(=O)C(C)(C)C. The number of hydrogen-bond acceptors (Lipinski definition) is 3. The molecule has 0 saturated heterocycles. The molecule has 0 radical (unpaired) electrons. The molecule has 1 aromatic rings. The summed E-state index contributed by atoms with van der Waals surface area (Å²) in [5, 5.41) is 2.58. The summed E-state index contributed by atoms with van der Waals surface area (Å²) in [6.45, 7) is 5.65. The largest absolute Gasteiger partial charge is 0.359 e. The summed E-state index contributed by atoms with van der Waals surface area (Å²) < 4.78 is 0. The van der Waals surface area contributed by atoms with Crippen LogP contribution in [0.4, 0.5) is 0 Å². The Labute approximate surface area is 114 Å². The van der Waals surface area contributed by atoms with E-state index in [0.29, 0.717) is 6.42 Å². The third-order valence-corrected chi connectivity index (χ3v) is 3.03. The van der Waals surface area contributed by atoms with E-state index in [0.717, 1.165) is 5.56 Å². The van der Waals surface area contributed by atoms with E-state index in [-0.39, 0.29) is 24.0 Å². The Hall–Kier alpha value is -1.71. The smallest absolute Gasteiger partial charge is 0.220 e. The maximum absolute atomic E-state index is 12.4. The minimum Gasteiger partial charge on any atom is -0.359 e. The number of carbonyl (C=O) groups is 2. The van der Waals surface area contributed by atoms with Crippen LogP contribution in [0.5, 0.6) is 0 Å². The van der Waals surface area contributed by atoms with E-state index in [4.69, 9.17) is 0 Å². The molecule has 1 heterocycles. The lowest BCUT2D eigenvalue weighted by Crippen LogP contribution is -2.33. The summed E-state index contributed by atoms with van der Waals surface area (Å²) in [7, 11) is 1.59. The summed E-state index contributed by atoms with van der Waals surface area (Å²) in [5.74, 6) is -0.296. The van der Waals surface area contributed by atoms with Crippen LogP contribution in [0.3, 0.4) is 0 Å². The van der Waals surface area contributed by atoms with Gasteiger partial charge in [0.15, 0.2) is 0 Å². The van der Waals surface area contributed by atoms with Crippen LogP contribution in [0.25, 0.3) is 0 Å². The van der Waals surface area contributed by atoms with Crippen molar-refractivity contribution in [1.29, 1.82) is 0 Å². The fraction of sp³-hybridized carbons (Fsp3) is 0.533. The van der Waals surface area contributed by atoms with Crippen molar-refractivity contribution in [3.8, 4) is 0 Å². The summed E-state index contributed by atoms with van der Waals surface area (Å²) >= 11 is 0. The molecule has 1 N–H and O–H groups in total. The van der Waals surface area contributed by atoms with E-state index in [1.165, 1.54) is 0 Å². The van der Waals surface area contributed by atoms with E-state index in [1.807, 2.05) is 32.9 Å². The van der Waals surface area contributed by atoms with Gasteiger partial charge in [-0.25, -0.2) is 0 Å². The van der Waals surface area contributed by atoms with E-state index in [2.05, 4.69) is 10.3 Å². The van der Waals surface area contributed by atoms with Gasteiger partial charge in [0.1, 0.15) is 5.78 Å². The van der Waals surface area contributed by atoms with Crippen LogP contribution in [0.15, 0.2) is 24.5 Å². The highest BCUT2D eigenvalue weighted by atomic mass is 16.2. The number of carbonyl (C=O) groups excluding carboxylic acids is 2. The van der Waals surface area contributed by atoms with Crippen molar-refractivity contribution < 1.29 is 9.59 Å². The minimum atomic E-state index is -0.444. The zero-order valence-corrected chi connectivity index (χ0v) is 12.1. The van der Waals surface area contributed by atoms with Crippen molar-refractivity contribution >= 4 is 11.7 Å². The Morgan fingerprint density at radius 1 is 1.37 bits per heavy atom. The summed E-state index contributed by atoms with van der Waals surface area (Å²) in [6, 6.07) is 3.77. The van der Waals surface area contributed by atoms with Gasteiger partial charge < -0.3 is 5.32 Å². The van der Waals surface area contributed by atoms with Crippen molar-refractivity contribution in [3.05, 3.63) is 30.1 Å². The zero-order valence-electron chi connectivity index (χ0n) is 12.1. The quantitative estimate of drug-likeness (QED) is 0.883. The molecule has 0 fully saturated rings. The molecule has 0 aliphatic rings. The maximum Gasteiger partial charge on any atom is 0.220 e. The average Bonchev–Trinajstić information content (AvgIpc) is 2.37. The first-order chi connectivity index (χ1) is 8.84. The number of ketones is 1. The highest BCUT2D eigenvalue weighted by Crippen LogP contribution is 2.25. The molecule has 1 rings (SSSR count). The minimum absolute atomic E-state index is 0.105. The standard InChI is InChI=1S/C15H22N2O2/c1-15(2,3)14(19)12(9-13(18)16-4)8-11-6-5-7-17-10-11/h5-7,10,12H,8-9H2,1-4H3,(H,16,18)/t12-/m1/s1. The predicted octanol–water partition coefficient (Wildman–Crippen LogP) is 1.99. The van der Waals surface area contributed by atoms with E-state index >= 15 is 0 Å². The molecule has 0 aliphatic heterocycles. The van der Waals surface area contributed by atoms with Gasteiger partial charge in [0, 0.05) is 37.2 Å². The zero-order chi connectivity index (χ0) is 14.5. The van der Waals surface area contributed by atoms with E-state index in [1.54, 1.807) is 19.4 Å². The number of rotatable bonds is 5. The number of nitrogens with zero attached hydrogens (tertiary/aromatic N) is 1. The van der Waals surface area contributed by atoms with Gasteiger partial charge in [-0.05, 0) is 18.1 Å². The van der Waals surface area contributed by atoms with Crippen molar-refractivity contribution in [2.45, 2.75) is 33.6 Å². The first-order valence-electron chi connectivity index (χ1n) is 6.48. The van der Waals surface area contributed by atoms with Gasteiger partial charge in [0.25, 0.3) is 0 Å². The van der Waals surface area contributed by atoms with E-state index in [9.17, 15) is 9.59 Å². The molecule has 0 unspecified atom stereocenters. The number of amides is 1. The normalized spacial score (nSPS) is 12.8. The number of hydrogen-bond donors (Lipinski definition) is 1. The highest BCUT2D eigenvalue weighted by Gasteiger charge is 2.31. The molecule has 4 nitrogen and oxygen atoms in total. The highest BCUT2D eigenvalue weighted by molar-refractivity contribution is 5.90. The molecule has 1 aromatic heterocycles. The molecule has 1 atom stereocenters. The van der Waals surface area contributed by atoms with Gasteiger partial charge in [-0.1, -0.05) is 26.8 Å². The molecule has 0 aliphatic carbocycles. The van der Waals surface area contributed by atoms with Crippen LogP contribution in [0.1, 0.15) is 32.8 Å². The van der Waals surface area contributed by atoms with Gasteiger partial charge >= 0.3 is 0 Å². The van der Waals surface area contributed by atoms with Crippen LogP contribution >= 0.6 is 0 Å². The molecule has 0 bridgehead atoms. The van der Waals surface area contributed by atoms with Crippen molar-refractivity contribution in [1.82, 2.24) is 10.3 Å². The van der Waals surface area contributed by atoms with Crippen LogP contribution in [-0.4, -0.2) is 23.7 Å². The second-order valence-electron chi connectivity index (χ2n) is 5.75. The van der Waals surface area contributed by atoms with Crippen LogP contribution in [0, 0.1) is 11.3 Å². The van der Waals surface area contributed by atoms with Crippen molar-refractivity contribution in [2.75, 3.05) is 7.05 Å². The third-order valence-electron chi connectivity index (χ3n) is 3.03. The Kier molecular flexibility index (Phi) is 5.21. The second kappa shape index (κ2) is 6.45. The Morgan fingerprint density at radius 3 is 2.53 bits per heavy atom. The van der Waals surface area contributed by atoms with Gasteiger partial charge in [0.2, 0.25) is 5.91 Å². The maximum atomic E-state index is 12.4. The molecule has 1 amide bonds. The van der Waals surface area contributed by atoms with Gasteiger partial charge in [0.05, 0.1) is 0 Å². The monoisotopic (exact) mass is 262 g/mol. The van der Waals surface area contributed by atoms with Gasteiger partial charge in [-0.3, -0.25) is 14.6 Å². The fourth-order valence-electron chi connectivity index (χ4n) is 2.00. The molecule has 0 aromatic carbocycles. The molecular formula is C15H22N2O2. The Bertz CT molecular complexity index is 435. The Balaban J connectivity index is 2.87. The first kappa shape index (κ1) is 15.3. The van der Waals surface area contributed by atoms with Crippen LogP contribution in [0.2, 0.25) is 0 Å². The summed E-state index contributed by atoms with van der Waals surface area (Å²) in [6.07, 6.45) is 4.22.